The third-order valence-electron chi connectivity index (χ3n) is 1.88. The van der Waals surface area contributed by atoms with Crippen LogP contribution in [0, 0.1) is 10.1 Å². The molecule has 1 heterocycles. The van der Waals surface area contributed by atoms with Crippen molar-refractivity contribution in [2.24, 2.45) is 0 Å². The molecule has 1 aromatic heterocycles. The van der Waals surface area contributed by atoms with Gasteiger partial charge in [0.1, 0.15) is 16.9 Å². The average Bonchev–Trinajstić information content (AvgIpc) is 2.26. The van der Waals surface area contributed by atoms with Gasteiger partial charge in [-0.3, -0.25) is 0 Å². The number of halogens is 3. The van der Waals surface area contributed by atoms with Crippen molar-refractivity contribution in [3.63, 3.8) is 0 Å². The van der Waals surface area contributed by atoms with Crippen molar-refractivity contribution in [2.45, 2.75) is 12.3 Å². The first-order chi connectivity index (χ1) is 7.52. The smallest absolute Gasteiger partial charge is 0.371 e. The van der Waals surface area contributed by atoms with Gasteiger partial charge in [-0.1, -0.05) is 0 Å². The van der Waals surface area contributed by atoms with E-state index in [0.29, 0.717) is 0 Å². The van der Waals surface area contributed by atoms with Crippen molar-refractivity contribution in [1.29, 1.82) is 0 Å². The topological polar surface area (TPSA) is 65.3 Å². The molecule has 0 radical (unpaired) electrons. The molecule has 1 aromatic rings. The van der Waals surface area contributed by atoms with E-state index in [0.717, 1.165) is 13.3 Å². The average molecular weight is 253 g/mol. The van der Waals surface area contributed by atoms with Crippen molar-refractivity contribution >= 4 is 17.4 Å². The van der Waals surface area contributed by atoms with Gasteiger partial charge in [0.25, 0.3) is 6.43 Å². The zero-order valence-corrected chi connectivity index (χ0v) is 8.87. The van der Waals surface area contributed by atoms with Crippen LogP contribution in [0.5, 0.6) is 5.75 Å². The van der Waals surface area contributed by atoms with E-state index >= 15 is 0 Å². The predicted octanol–water partition coefficient (Wildman–Crippen LogP) is 2.67. The molecular weight excluding hydrogens is 246 g/mol. The van der Waals surface area contributed by atoms with E-state index < -0.39 is 22.7 Å². The number of aromatic nitrogens is 1. The number of ether oxygens (including phenoxy) is 1. The van der Waals surface area contributed by atoms with Gasteiger partial charge in [0.05, 0.1) is 13.0 Å². The number of nitro groups is 1. The van der Waals surface area contributed by atoms with Crippen LogP contribution in [0.25, 0.3) is 0 Å². The molecule has 5 nitrogen and oxygen atoms in total. The second-order valence-corrected chi connectivity index (χ2v) is 3.01. The third kappa shape index (κ3) is 2.19. The highest BCUT2D eigenvalue weighted by atomic mass is 35.5. The lowest BCUT2D eigenvalue weighted by Crippen LogP contribution is -2.04. The first kappa shape index (κ1) is 12.6. The fourth-order valence-electron chi connectivity index (χ4n) is 1.22. The summed E-state index contributed by atoms with van der Waals surface area (Å²) < 4.78 is 29.8. The Morgan fingerprint density at radius 1 is 1.69 bits per heavy atom. The molecule has 0 unspecified atom stereocenters. The highest BCUT2D eigenvalue weighted by Crippen LogP contribution is 2.36. The van der Waals surface area contributed by atoms with Gasteiger partial charge in [0, 0.05) is 0 Å². The number of rotatable bonds is 4. The Kier molecular flexibility index (Phi) is 3.94. The number of nitrogens with zero attached hydrogens (tertiary/aromatic N) is 2. The summed E-state index contributed by atoms with van der Waals surface area (Å²) in [5, 5.41) is 10.6. The Hall–Kier alpha value is -1.50. The summed E-state index contributed by atoms with van der Waals surface area (Å²) in [6, 6.07) is 0. The van der Waals surface area contributed by atoms with Crippen LogP contribution in [0.15, 0.2) is 6.20 Å². The van der Waals surface area contributed by atoms with Gasteiger partial charge in [0.15, 0.2) is 6.20 Å². The molecule has 0 aliphatic carbocycles. The minimum atomic E-state index is -2.83. The number of methoxy groups -OCH3 is 1. The van der Waals surface area contributed by atoms with Crippen LogP contribution in [0.4, 0.5) is 14.6 Å². The summed E-state index contributed by atoms with van der Waals surface area (Å²) in [6.07, 6.45) is -2.11. The van der Waals surface area contributed by atoms with E-state index in [-0.39, 0.29) is 17.2 Å². The molecule has 0 spiro atoms. The molecule has 0 saturated heterocycles. The van der Waals surface area contributed by atoms with E-state index in [1.807, 2.05) is 0 Å². The predicted molar refractivity (Wildman–Crippen MR) is 52.0 cm³/mol. The Balaban J connectivity index is 3.46. The van der Waals surface area contributed by atoms with Crippen molar-refractivity contribution in [3.8, 4) is 5.75 Å². The van der Waals surface area contributed by atoms with Crippen LogP contribution in [0.1, 0.15) is 17.6 Å². The first-order valence-corrected chi connectivity index (χ1v) is 4.60. The van der Waals surface area contributed by atoms with Gasteiger partial charge in [-0.05, 0) is 9.91 Å². The normalized spacial score (nSPS) is 10.6. The molecular formula is C8H7ClF2N2O3. The van der Waals surface area contributed by atoms with E-state index in [4.69, 9.17) is 16.3 Å². The van der Waals surface area contributed by atoms with Crippen LogP contribution in [-0.4, -0.2) is 17.0 Å². The lowest BCUT2D eigenvalue weighted by molar-refractivity contribution is -0.390. The Bertz CT molecular complexity index is 415. The summed E-state index contributed by atoms with van der Waals surface area (Å²) in [5.74, 6) is -1.18. The molecule has 0 aromatic carbocycles. The highest BCUT2D eigenvalue weighted by Gasteiger charge is 2.27. The molecule has 0 bridgehead atoms. The summed E-state index contributed by atoms with van der Waals surface area (Å²) >= 11 is 5.47. The van der Waals surface area contributed by atoms with Crippen LogP contribution in [-0.2, 0) is 5.88 Å². The molecule has 0 fully saturated rings. The van der Waals surface area contributed by atoms with E-state index in [1.54, 1.807) is 0 Å². The van der Waals surface area contributed by atoms with Crippen molar-refractivity contribution in [3.05, 3.63) is 27.4 Å². The highest BCUT2D eigenvalue weighted by molar-refractivity contribution is 6.17. The lowest BCUT2D eigenvalue weighted by Gasteiger charge is -2.09. The van der Waals surface area contributed by atoms with Gasteiger partial charge in [-0.2, -0.15) is 0 Å². The Labute approximate surface area is 94.1 Å². The molecule has 88 valence electrons. The molecule has 0 amide bonds. The number of alkyl halides is 3. The number of hydrogen-bond donors (Lipinski definition) is 0. The number of hydrogen-bond acceptors (Lipinski definition) is 4. The second-order valence-electron chi connectivity index (χ2n) is 2.74. The number of pyridine rings is 1. The van der Waals surface area contributed by atoms with E-state index in [2.05, 4.69) is 4.98 Å². The quantitative estimate of drug-likeness (QED) is 0.469. The summed E-state index contributed by atoms with van der Waals surface area (Å²) in [6.45, 7) is 0. The van der Waals surface area contributed by atoms with Crippen LogP contribution < -0.4 is 4.74 Å². The van der Waals surface area contributed by atoms with Gasteiger partial charge < -0.3 is 14.9 Å². The van der Waals surface area contributed by atoms with Crippen molar-refractivity contribution < 1.29 is 18.4 Å². The SMILES string of the molecule is COc1c(C(F)F)cnc([N+](=O)[O-])c1CCl. The molecule has 1 rings (SSSR count). The monoisotopic (exact) mass is 252 g/mol. The summed E-state index contributed by atoms with van der Waals surface area (Å²) in [7, 11) is 1.14. The van der Waals surface area contributed by atoms with E-state index in [1.165, 1.54) is 0 Å². The Morgan fingerprint density at radius 2 is 2.31 bits per heavy atom. The minimum Gasteiger partial charge on any atom is -0.495 e. The lowest BCUT2D eigenvalue weighted by atomic mass is 10.1. The molecule has 0 N–H and O–H groups in total. The summed E-state index contributed by atoms with van der Waals surface area (Å²) in [4.78, 5) is 13.1. The second kappa shape index (κ2) is 5.02. The van der Waals surface area contributed by atoms with Crippen LogP contribution in [0.2, 0.25) is 0 Å². The zero-order chi connectivity index (χ0) is 12.3. The fourth-order valence-corrected chi connectivity index (χ4v) is 1.46. The van der Waals surface area contributed by atoms with Crippen LogP contribution in [0.3, 0.4) is 0 Å². The van der Waals surface area contributed by atoms with Gasteiger partial charge in [0.2, 0.25) is 0 Å². The van der Waals surface area contributed by atoms with Crippen LogP contribution >= 0.6 is 11.6 Å². The molecule has 0 aliphatic rings. The maximum absolute atomic E-state index is 12.5. The standard InChI is InChI=1S/C8H7ClF2N2O3/c1-16-6-4(2-9)8(13(14)15)12-3-5(6)7(10)11/h3,7H,2H2,1H3. The minimum absolute atomic E-state index is 0.146. The Morgan fingerprint density at radius 3 is 2.69 bits per heavy atom. The molecule has 0 saturated carbocycles. The largest absolute Gasteiger partial charge is 0.495 e. The molecule has 0 atom stereocenters. The van der Waals surface area contributed by atoms with Gasteiger partial charge >= 0.3 is 5.82 Å². The fraction of sp³-hybridized carbons (Fsp3) is 0.375. The zero-order valence-electron chi connectivity index (χ0n) is 8.11. The first-order valence-electron chi connectivity index (χ1n) is 4.07. The van der Waals surface area contributed by atoms with Crippen molar-refractivity contribution in [1.82, 2.24) is 4.98 Å². The van der Waals surface area contributed by atoms with Crippen molar-refractivity contribution in [2.75, 3.05) is 7.11 Å². The maximum atomic E-state index is 12.5. The molecule has 16 heavy (non-hydrogen) atoms. The molecule has 0 aliphatic heterocycles. The van der Waals surface area contributed by atoms with Gasteiger partial charge in [-0.25, -0.2) is 8.78 Å². The van der Waals surface area contributed by atoms with Gasteiger partial charge in [-0.15, -0.1) is 11.6 Å². The summed E-state index contributed by atoms with van der Waals surface area (Å²) in [5.41, 5.74) is -0.657. The van der Waals surface area contributed by atoms with E-state index in [9.17, 15) is 18.9 Å². The third-order valence-corrected chi connectivity index (χ3v) is 2.15. The maximum Gasteiger partial charge on any atom is 0.371 e. The molecule has 8 heteroatoms.